The predicted octanol–water partition coefficient (Wildman–Crippen LogP) is 5.18. The van der Waals surface area contributed by atoms with Crippen LogP contribution in [0.1, 0.15) is 63.9 Å². The fourth-order valence-corrected chi connectivity index (χ4v) is 7.64. The van der Waals surface area contributed by atoms with Gasteiger partial charge < -0.3 is 21.3 Å². The molecule has 1 heterocycles. The molecule has 2 saturated carbocycles. The van der Waals surface area contributed by atoms with Gasteiger partial charge in [-0.25, -0.2) is 9.37 Å². The molecule has 6 rings (SSSR count). The molecule has 5 N–H and O–H groups in total. The highest BCUT2D eigenvalue weighted by Crippen LogP contribution is 2.63. The van der Waals surface area contributed by atoms with Gasteiger partial charge in [-0.1, -0.05) is 31.2 Å². The molecule has 0 aliphatic heterocycles. The van der Waals surface area contributed by atoms with Crippen LogP contribution in [-0.2, 0) is 0 Å². The van der Waals surface area contributed by atoms with E-state index in [9.17, 15) is 10.2 Å². The lowest BCUT2D eigenvalue weighted by Crippen LogP contribution is -2.49. The Morgan fingerprint density at radius 2 is 1.92 bits per heavy atom. The molecule has 2 fully saturated rings. The van der Waals surface area contributed by atoms with Crippen LogP contribution in [0.2, 0.25) is 0 Å². The van der Waals surface area contributed by atoms with Crippen LogP contribution in [0.15, 0.2) is 48.2 Å². The zero-order valence-corrected chi connectivity index (χ0v) is 21.7. The quantitative estimate of drug-likeness (QED) is 0.411. The highest BCUT2D eigenvalue weighted by molar-refractivity contribution is 5.93. The number of allylic oxidation sites excluding steroid dienone is 3. The standard InChI is InChI=1S/C28H33FN2O2.C2H7N/c1-26-11-8-20-15-27(29)16-21(32)5-4-19(27)9-12-28(20,33)24(26)7-6-23(26)18-3-2-17-10-13-31-25(30)22(17)14-18;1-3-2/h2-3,6,8,10,13-14,19,21,24,32-33H,4-5,7,9,11-12,15-16H2,1H3,(H2,30,31);3H,1-2H3/t19?,21?,24?,26?,27?,28-;/m1./s1. The zero-order valence-electron chi connectivity index (χ0n) is 21.7. The van der Waals surface area contributed by atoms with Crippen LogP contribution in [0, 0.1) is 17.3 Å². The molecule has 0 radical (unpaired) electrons. The average Bonchev–Trinajstić information content (AvgIpc) is 3.14. The van der Waals surface area contributed by atoms with E-state index in [2.05, 4.69) is 47.6 Å². The highest BCUT2D eigenvalue weighted by Gasteiger charge is 2.59. The van der Waals surface area contributed by atoms with Crippen LogP contribution in [0.5, 0.6) is 0 Å². The van der Waals surface area contributed by atoms with Crippen molar-refractivity contribution in [1.82, 2.24) is 10.3 Å². The molecular weight excluding hydrogens is 453 g/mol. The van der Waals surface area contributed by atoms with Crippen molar-refractivity contribution in [2.45, 2.75) is 75.7 Å². The maximum absolute atomic E-state index is 16.1. The second kappa shape index (κ2) is 9.23. The number of nitrogen functional groups attached to an aromatic ring is 1. The minimum Gasteiger partial charge on any atom is -0.393 e. The Hall–Kier alpha value is -2.28. The number of halogens is 1. The van der Waals surface area contributed by atoms with E-state index < -0.39 is 17.4 Å². The number of hydrogen-bond acceptors (Lipinski definition) is 5. The zero-order chi connectivity index (χ0) is 25.7. The van der Waals surface area contributed by atoms with E-state index in [1.54, 1.807) is 6.20 Å². The lowest BCUT2D eigenvalue weighted by Gasteiger charge is -2.49. The molecule has 4 aliphatic rings. The van der Waals surface area contributed by atoms with E-state index in [1.807, 2.05) is 20.2 Å². The number of nitrogens with one attached hydrogen (secondary N) is 1. The summed E-state index contributed by atoms with van der Waals surface area (Å²) in [6, 6.07) is 8.33. The Morgan fingerprint density at radius 1 is 1.14 bits per heavy atom. The van der Waals surface area contributed by atoms with Crippen LogP contribution in [0.3, 0.4) is 0 Å². The molecule has 194 valence electrons. The van der Waals surface area contributed by atoms with Gasteiger partial charge in [-0.05, 0) is 92.8 Å². The summed E-state index contributed by atoms with van der Waals surface area (Å²) in [6.45, 7) is 2.26. The number of aliphatic hydroxyl groups is 2. The molecule has 5 nitrogen and oxygen atoms in total. The minimum absolute atomic E-state index is 0.0237. The fourth-order valence-electron chi connectivity index (χ4n) is 7.64. The average molecular weight is 494 g/mol. The number of anilines is 1. The first-order valence-electron chi connectivity index (χ1n) is 13.4. The molecule has 2 aromatic rings. The number of hydrogen-bond donors (Lipinski definition) is 4. The fraction of sp³-hybridized carbons (Fsp3) is 0.567. The van der Waals surface area contributed by atoms with Crippen molar-refractivity contribution in [2.75, 3.05) is 19.8 Å². The third-order valence-electron chi connectivity index (χ3n) is 9.47. The first kappa shape index (κ1) is 25.4. The third kappa shape index (κ3) is 3.98. The molecule has 0 spiro atoms. The number of nitrogens with zero attached hydrogens (tertiary/aromatic N) is 1. The first-order valence-corrected chi connectivity index (χ1v) is 13.4. The van der Waals surface area contributed by atoms with E-state index in [0.717, 1.165) is 34.8 Å². The van der Waals surface area contributed by atoms with Crippen LogP contribution < -0.4 is 11.1 Å². The SMILES string of the molecule is CC12CC=C3CC4(F)CC(O)CCC4CC[C@]3(O)C1CC=C2c1ccc2ccnc(N)c2c1.CNC. The summed E-state index contributed by atoms with van der Waals surface area (Å²) in [5, 5.41) is 27.1. The van der Waals surface area contributed by atoms with Gasteiger partial charge in [0.25, 0.3) is 0 Å². The van der Waals surface area contributed by atoms with E-state index in [1.165, 1.54) is 5.57 Å². The van der Waals surface area contributed by atoms with E-state index in [0.29, 0.717) is 31.5 Å². The van der Waals surface area contributed by atoms with E-state index in [-0.39, 0.29) is 30.1 Å². The van der Waals surface area contributed by atoms with Gasteiger partial charge in [0.1, 0.15) is 11.5 Å². The Kier molecular flexibility index (Phi) is 6.51. The lowest BCUT2D eigenvalue weighted by atomic mass is 9.58. The second-order valence-electron chi connectivity index (χ2n) is 11.7. The Morgan fingerprint density at radius 3 is 2.69 bits per heavy atom. The van der Waals surface area contributed by atoms with Gasteiger partial charge in [0.2, 0.25) is 0 Å². The van der Waals surface area contributed by atoms with Gasteiger partial charge in [0.05, 0.1) is 11.7 Å². The van der Waals surface area contributed by atoms with Crippen LogP contribution in [0.25, 0.3) is 16.3 Å². The number of aromatic nitrogens is 1. The third-order valence-corrected chi connectivity index (χ3v) is 9.47. The van der Waals surface area contributed by atoms with Gasteiger partial charge in [-0.15, -0.1) is 0 Å². The van der Waals surface area contributed by atoms with Crippen LogP contribution >= 0.6 is 0 Å². The number of aliphatic hydroxyl groups excluding tert-OH is 1. The van der Waals surface area contributed by atoms with E-state index >= 15 is 4.39 Å². The minimum atomic E-state index is -1.40. The van der Waals surface area contributed by atoms with Gasteiger partial charge in [0.15, 0.2) is 0 Å². The monoisotopic (exact) mass is 493 g/mol. The van der Waals surface area contributed by atoms with E-state index in [4.69, 9.17) is 5.73 Å². The Labute approximate surface area is 213 Å². The lowest BCUT2D eigenvalue weighted by molar-refractivity contribution is -0.0359. The Balaban J connectivity index is 0.000000848. The summed E-state index contributed by atoms with van der Waals surface area (Å²) in [5.41, 5.74) is 6.78. The number of pyridine rings is 1. The number of alkyl halides is 1. The first-order chi connectivity index (χ1) is 17.1. The molecule has 0 saturated heterocycles. The van der Waals surface area contributed by atoms with Crippen molar-refractivity contribution in [1.29, 1.82) is 0 Å². The highest BCUT2D eigenvalue weighted by atomic mass is 19.1. The van der Waals surface area contributed by atoms with Crippen molar-refractivity contribution in [2.24, 2.45) is 17.3 Å². The maximum atomic E-state index is 16.1. The molecule has 6 atom stereocenters. The number of rotatable bonds is 1. The summed E-state index contributed by atoms with van der Waals surface area (Å²) in [4.78, 5) is 4.25. The maximum Gasteiger partial charge on any atom is 0.131 e. The topological polar surface area (TPSA) is 91.4 Å². The molecular formula is C30H40FN3O2. The predicted molar refractivity (Wildman–Crippen MR) is 144 cm³/mol. The van der Waals surface area contributed by atoms with Crippen LogP contribution in [-0.4, -0.2) is 46.7 Å². The number of fused-ring (bicyclic) bond motifs is 5. The van der Waals surface area contributed by atoms with Gasteiger partial charge in [0, 0.05) is 35.8 Å². The molecule has 5 unspecified atom stereocenters. The van der Waals surface area contributed by atoms with Crippen molar-refractivity contribution in [3.8, 4) is 0 Å². The van der Waals surface area contributed by atoms with Crippen molar-refractivity contribution >= 4 is 22.2 Å². The van der Waals surface area contributed by atoms with Crippen LogP contribution in [0.4, 0.5) is 10.2 Å². The molecule has 6 heteroatoms. The molecule has 1 aromatic carbocycles. The van der Waals surface area contributed by atoms with Crippen molar-refractivity contribution in [3.63, 3.8) is 0 Å². The molecule has 0 amide bonds. The van der Waals surface area contributed by atoms with Gasteiger partial charge in [-0.3, -0.25) is 0 Å². The molecule has 1 aromatic heterocycles. The summed E-state index contributed by atoms with van der Waals surface area (Å²) in [5.74, 6) is 0.476. The summed E-state index contributed by atoms with van der Waals surface area (Å²) < 4.78 is 16.1. The smallest absolute Gasteiger partial charge is 0.131 e. The number of benzene rings is 1. The largest absolute Gasteiger partial charge is 0.393 e. The molecule has 4 aliphatic carbocycles. The summed E-state index contributed by atoms with van der Waals surface area (Å²) >= 11 is 0. The summed E-state index contributed by atoms with van der Waals surface area (Å²) in [7, 11) is 3.75. The Bertz CT molecular complexity index is 1210. The summed E-state index contributed by atoms with van der Waals surface area (Å²) in [6.07, 6.45) is 10.2. The second-order valence-corrected chi connectivity index (χ2v) is 11.7. The molecule has 36 heavy (non-hydrogen) atoms. The van der Waals surface area contributed by atoms with Gasteiger partial charge >= 0.3 is 0 Å². The normalized spacial score (nSPS) is 37.4. The number of nitrogens with two attached hydrogens (primary N) is 1. The van der Waals surface area contributed by atoms with Gasteiger partial charge in [-0.2, -0.15) is 0 Å². The van der Waals surface area contributed by atoms with Crippen molar-refractivity contribution < 1.29 is 14.6 Å². The molecule has 0 bridgehead atoms. The van der Waals surface area contributed by atoms with Crippen molar-refractivity contribution in [3.05, 3.63) is 53.8 Å².